The number of halogens is 2. The zero-order chi connectivity index (χ0) is 29.4. The molecule has 0 saturated carbocycles. The summed E-state index contributed by atoms with van der Waals surface area (Å²) in [4.78, 5) is 4.07. The van der Waals surface area contributed by atoms with E-state index in [9.17, 15) is 8.42 Å². The minimum absolute atomic E-state index is 0.0296. The van der Waals surface area contributed by atoms with Crippen LogP contribution in [-0.2, 0) is 9.84 Å². The molecule has 6 aromatic rings. The number of pyridine rings is 1. The molecule has 0 aliphatic rings. The topological polar surface area (TPSA) is 109 Å². The van der Waals surface area contributed by atoms with E-state index in [-0.39, 0.29) is 27.5 Å². The molecule has 6 rings (SSSR count). The number of ether oxygens (including phenoxy) is 2. The van der Waals surface area contributed by atoms with Gasteiger partial charge < -0.3 is 9.47 Å². The number of benzene rings is 3. The summed E-state index contributed by atoms with van der Waals surface area (Å²) >= 11 is 6.31. The number of aromatic nitrogens is 5. The molecule has 0 spiro atoms. The van der Waals surface area contributed by atoms with Crippen molar-refractivity contribution in [2.75, 3.05) is 14.2 Å². The number of rotatable bonds is 7. The van der Waals surface area contributed by atoms with Crippen LogP contribution in [-0.4, -0.2) is 47.4 Å². The second kappa shape index (κ2) is 10.8. The standard InChI is InChI=1S/C30H21ClFN5O4S/c1-40-20-9-10-22(24(32)17-20)28-30(42(38,39)21-6-4-3-5-7-21)35-34-29-26(19-8-11-23(31)25(16-19)41-2)27(36-37(28)29)18-12-14-33-15-13-18/h3-17H,1-2H3. The molecule has 0 radical (unpaired) electrons. The number of nitrogens with zero attached hydrogens (tertiary/aromatic N) is 5. The lowest BCUT2D eigenvalue weighted by Gasteiger charge is -2.13. The van der Waals surface area contributed by atoms with Gasteiger partial charge in [0.05, 0.1) is 29.7 Å². The van der Waals surface area contributed by atoms with Gasteiger partial charge in [-0.15, -0.1) is 10.2 Å². The smallest absolute Gasteiger partial charge is 0.227 e. The van der Waals surface area contributed by atoms with Gasteiger partial charge in [-0.3, -0.25) is 4.98 Å². The normalized spacial score (nSPS) is 11.5. The molecule has 0 bridgehead atoms. The molecule has 0 unspecified atom stereocenters. The van der Waals surface area contributed by atoms with E-state index in [0.717, 1.165) is 0 Å². The highest BCUT2D eigenvalue weighted by Gasteiger charge is 2.31. The molecule has 0 atom stereocenters. The molecule has 3 heterocycles. The van der Waals surface area contributed by atoms with Crippen molar-refractivity contribution in [1.29, 1.82) is 0 Å². The van der Waals surface area contributed by atoms with Gasteiger partial charge in [0.25, 0.3) is 0 Å². The average molecular weight is 602 g/mol. The summed E-state index contributed by atoms with van der Waals surface area (Å²) in [5, 5.41) is 13.3. The summed E-state index contributed by atoms with van der Waals surface area (Å²) in [5.74, 6) is -0.0652. The Labute approximate surface area is 245 Å². The summed E-state index contributed by atoms with van der Waals surface area (Å²) < 4.78 is 55.5. The predicted molar refractivity (Wildman–Crippen MR) is 155 cm³/mol. The van der Waals surface area contributed by atoms with Gasteiger partial charge in [0.1, 0.15) is 28.7 Å². The average Bonchev–Trinajstić information content (AvgIpc) is 3.41. The Balaban J connectivity index is 1.75. The second-order valence-corrected chi connectivity index (χ2v) is 11.3. The minimum atomic E-state index is -4.27. The van der Waals surface area contributed by atoms with E-state index in [4.69, 9.17) is 26.2 Å². The molecule has 12 heteroatoms. The van der Waals surface area contributed by atoms with Gasteiger partial charge in [-0.05, 0) is 54.1 Å². The lowest BCUT2D eigenvalue weighted by molar-refractivity contribution is 0.411. The molecule has 42 heavy (non-hydrogen) atoms. The van der Waals surface area contributed by atoms with Crippen molar-refractivity contribution in [3.63, 3.8) is 0 Å². The Morgan fingerprint density at radius 1 is 0.857 bits per heavy atom. The number of hydrogen-bond acceptors (Lipinski definition) is 8. The molecule has 0 amide bonds. The van der Waals surface area contributed by atoms with Gasteiger partial charge >= 0.3 is 0 Å². The van der Waals surface area contributed by atoms with Gasteiger partial charge in [0.2, 0.25) is 14.9 Å². The first-order valence-electron chi connectivity index (χ1n) is 12.5. The minimum Gasteiger partial charge on any atom is -0.497 e. The van der Waals surface area contributed by atoms with Crippen molar-refractivity contribution in [2.24, 2.45) is 0 Å². The molecule has 0 aliphatic heterocycles. The zero-order valence-electron chi connectivity index (χ0n) is 22.2. The maximum absolute atomic E-state index is 15.7. The van der Waals surface area contributed by atoms with Crippen LogP contribution in [0.5, 0.6) is 11.5 Å². The lowest BCUT2D eigenvalue weighted by atomic mass is 10.0. The first kappa shape index (κ1) is 27.3. The van der Waals surface area contributed by atoms with Crippen molar-refractivity contribution in [3.05, 3.63) is 102 Å². The third-order valence-electron chi connectivity index (χ3n) is 6.64. The fraction of sp³-hybridized carbons (Fsp3) is 0.0667. The molecular formula is C30H21ClFN5O4S. The lowest BCUT2D eigenvalue weighted by Crippen LogP contribution is -2.13. The van der Waals surface area contributed by atoms with Crippen LogP contribution in [0.1, 0.15) is 0 Å². The highest BCUT2D eigenvalue weighted by atomic mass is 35.5. The Morgan fingerprint density at radius 3 is 2.31 bits per heavy atom. The van der Waals surface area contributed by atoms with Gasteiger partial charge in [0.15, 0.2) is 5.65 Å². The van der Waals surface area contributed by atoms with E-state index in [2.05, 4.69) is 15.2 Å². The fourth-order valence-electron chi connectivity index (χ4n) is 4.62. The predicted octanol–water partition coefficient (Wildman–Crippen LogP) is 6.16. The quantitative estimate of drug-likeness (QED) is 0.214. The maximum Gasteiger partial charge on any atom is 0.227 e. The van der Waals surface area contributed by atoms with E-state index < -0.39 is 20.7 Å². The van der Waals surface area contributed by atoms with E-state index in [1.165, 1.54) is 49.1 Å². The Bertz CT molecular complexity index is 2060. The summed E-state index contributed by atoms with van der Waals surface area (Å²) in [6.07, 6.45) is 3.21. The maximum atomic E-state index is 15.7. The largest absolute Gasteiger partial charge is 0.497 e. The van der Waals surface area contributed by atoms with Crippen molar-refractivity contribution >= 4 is 27.1 Å². The third kappa shape index (κ3) is 4.62. The van der Waals surface area contributed by atoms with Crippen LogP contribution in [0.3, 0.4) is 0 Å². The first-order chi connectivity index (χ1) is 20.3. The fourth-order valence-corrected chi connectivity index (χ4v) is 6.15. The van der Waals surface area contributed by atoms with Crippen molar-refractivity contribution in [1.82, 2.24) is 24.8 Å². The SMILES string of the molecule is COc1ccc(-c2c(S(=O)(=O)c3ccccc3)nnc3c(-c4ccc(Cl)c(OC)c4)c(-c4ccncc4)nn23)c(F)c1. The second-order valence-electron chi connectivity index (χ2n) is 9.06. The number of sulfone groups is 1. The molecule has 0 N–H and O–H groups in total. The number of hydrogen-bond donors (Lipinski definition) is 0. The first-order valence-corrected chi connectivity index (χ1v) is 14.4. The zero-order valence-corrected chi connectivity index (χ0v) is 23.8. The summed E-state index contributed by atoms with van der Waals surface area (Å²) in [7, 11) is -1.36. The molecule has 0 aliphatic carbocycles. The Hall–Kier alpha value is -4.87. The van der Waals surface area contributed by atoms with Crippen LogP contribution < -0.4 is 9.47 Å². The van der Waals surface area contributed by atoms with Gasteiger partial charge in [0, 0.05) is 29.6 Å². The van der Waals surface area contributed by atoms with E-state index in [1.807, 2.05) is 0 Å². The van der Waals surface area contributed by atoms with Crippen molar-refractivity contribution < 1.29 is 22.3 Å². The van der Waals surface area contributed by atoms with E-state index >= 15 is 4.39 Å². The highest BCUT2D eigenvalue weighted by molar-refractivity contribution is 7.91. The molecule has 3 aromatic heterocycles. The molecule has 210 valence electrons. The van der Waals surface area contributed by atoms with Crippen LogP contribution in [0.15, 0.2) is 101 Å². The Morgan fingerprint density at radius 2 is 1.62 bits per heavy atom. The molecule has 0 saturated heterocycles. The summed E-state index contributed by atoms with van der Waals surface area (Å²) in [6, 6.07) is 20.5. The van der Waals surface area contributed by atoms with Crippen LogP contribution in [0.2, 0.25) is 5.02 Å². The van der Waals surface area contributed by atoms with Crippen molar-refractivity contribution in [2.45, 2.75) is 9.92 Å². The molecular weight excluding hydrogens is 581 g/mol. The molecule has 9 nitrogen and oxygen atoms in total. The van der Waals surface area contributed by atoms with Gasteiger partial charge in [-0.25, -0.2) is 17.3 Å². The van der Waals surface area contributed by atoms with Crippen LogP contribution in [0.4, 0.5) is 4.39 Å². The number of methoxy groups -OCH3 is 2. The monoisotopic (exact) mass is 601 g/mol. The summed E-state index contributed by atoms with van der Waals surface area (Å²) in [5.41, 5.74) is 2.23. The van der Waals surface area contributed by atoms with Crippen LogP contribution >= 0.6 is 11.6 Å². The van der Waals surface area contributed by atoms with Crippen LogP contribution in [0.25, 0.3) is 39.3 Å². The molecule has 3 aromatic carbocycles. The molecule has 0 fully saturated rings. The van der Waals surface area contributed by atoms with Crippen LogP contribution in [0, 0.1) is 5.82 Å². The van der Waals surface area contributed by atoms with Crippen molar-refractivity contribution in [3.8, 4) is 45.1 Å². The summed E-state index contributed by atoms with van der Waals surface area (Å²) in [6.45, 7) is 0. The third-order valence-corrected chi connectivity index (χ3v) is 8.63. The highest BCUT2D eigenvalue weighted by Crippen LogP contribution is 2.41. The Kier molecular flexibility index (Phi) is 7.05. The van der Waals surface area contributed by atoms with E-state index in [1.54, 1.807) is 60.9 Å². The van der Waals surface area contributed by atoms with Gasteiger partial charge in [-0.1, -0.05) is 35.9 Å². The number of fused-ring (bicyclic) bond motifs is 1. The van der Waals surface area contributed by atoms with E-state index in [0.29, 0.717) is 33.2 Å². The van der Waals surface area contributed by atoms with Gasteiger partial charge in [-0.2, -0.15) is 5.10 Å².